The zero-order valence-corrected chi connectivity index (χ0v) is 11.2. The fourth-order valence-corrected chi connectivity index (χ4v) is 2.24. The lowest BCUT2D eigenvalue weighted by atomic mass is 10.1. The molecule has 2 rings (SSSR count). The number of hydrogen-bond donors (Lipinski definition) is 0. The average molecular weight is 253 g/mol. The fraction of sp³-hybridized carbons (Fsp3) is 0.538. The Hall–Kier alpha value is -1.09. The molecule has 1 aliphatic carbocycles. The number of rotatable bonds is 3. The minimum absolute atomic E-state index is 0.0399. The molecule has 92 valence electrons. The molecule has 1 heterocycles. The van der Waals surface area contributed by atoms with E-state index in [0.717, 1.165) is 5.69 Å². The van der Waals surface area contributed by atoms with E-state index < -0.39 is 0 Å². The van der Waals surface area contributed by atoms with E-state index in [1.165, 1.54) is 12.8 Å². The summed E-state index contributed by atoms with van der Waals surface area (Å²) in [5.74, 6) is 0.614. The van der Waals surface area contributed by atoms with Gasteiger partial charge in [0.2, 0.25) is 0 Å². The van der Waals surface area contributed by atoms with Crippen molar-refractivity contribution in [1.29, 1.82) is 0 Å². The van der Waals surface area contributed by atoms with E-state index in [9.17, 15) is 4.79 Å². The van der Waals surface area contributed by atoms with Crippen molar-refractivity contribution in [3.05, 3.63) is 28.5 Å². The number of aromatic nitrogens is 1. The summed E-state index contributed by atoms with van der Waals surface area (Å²) in [5, 5.41) is 0.484. The maximum atomic E-state index is 12.3. The third-order valence-electron chi connectivity index (χ3n) is 3.46. The van der Waals surface area contributed by atoms with Gasteiger partial charge < -0.3 is 4.90 Å². The molecule has 0 N–H and O–H groups in total. The van der Waals surface area contributed by atoms with Gasteiger partial charge in [-0.25, -0.2) is 0 Å². The predicted molar refractivity (Wildman–Crippen MR) is 68.3 cm³/mol. The fourth-order valence-electron chi connectivity index (χ4n) is 1.95. The monoisotopic (exact) mass is 252 g/mol. The smallest absolute Gasteiger partial charge is 0.256 e. The van der Waals surface area contributed by atoms with E-state index in [4.69, 9.17) is 11.6 Å². The second-order valence-electron chi connectivity index (χ2n) is 4.80. The number of aryl methyl sites for hydroxylation is 1. The second kappa shape index (κ2) is 4.65. The zero-order valence-electron chi connectivity index (χ0n) is 10.4. The highest BCUT2D eigenvalue weighted by Gasteiger charge is 2.33. The van der Waals surface area contributed by atoms with Crippen LogP contribution in [0.1, 0.15) is 35.8 Å². The van der Waals surface area contributed by atoms with E-state index in [1.54, 1.807) is 17.2 Å². The Morgan fingerprint density at radius 1 is 1.59 bits per heavy atom. The van der Waals surface area contributed by atoms with Crippen LogP contribution in [-0.2, 0) is 0 Å². The van der Waals surface area contributed by atoms with Crippen LogP contribution in [-0.4, -0.2) is 28.9 Å². The van der Waals surface area contributed by atoms with Crippen LogP contribution in [0.25, 0.3) is 0 Å². The van der Waals surface area contributed by atoms with Gasteiger partial charge in [-0.05, 0) is 38.7 Å². The molecule has 1 atom stereocenters. The first kappa shape index (κ1) is 12.4. The number of nitrogens with zero attached hydrogens (tertiary/aromatic N) is 2. The van der Waals surface area contributed by atoms with Gasteiger partial charge in [0.15, 0.2) is 0 Å². The highest BCUT2D eigenvalue weighted by atomic mass is 35.5. The van der Waals surface area contributed by atoms with E-state index in [-0.39, 0.29) is 11.9 Å². The maximum absolute atomic E-state index is 12.3. The summed E-state index contributed by atoms with van der Waals surface area (Å²) in [7, 11) is 1.83. The van der Waals surface area contributed by atoms with Crippen molar-refractivity contribution < 1.29 is 4.79 Å². The number of carbonyl (C=O) groups is 1. The first-order chi connectivity index (χ1) is 8.00. The lowest BCUT2D eigenvalue weighted by Crippen LogP contribution is -2.36. The van der Waals surface area contributed by atoms with Gasteiger partial charge in [-0.2, -0.15) is 0 Å². The van der Waals surface area contributed by atoms with Crippen LogP contribution in [0.4, 0.5) is 0 Å². The molecule has 1 saturated carbocycles. The molecule has 1 amide bonds. The highest BCUT2D eigenvalue weighted by molar-refractivity contribution is 6.33. The predicted octanol–water partition coefficient (Wildman–Crippen LogP) is 2.91. The molecular weight excluding hydrogens is 236 g/mol. The Balaban J connectivity index is 2.18. The summed E-state index contributed by atoms with van der Waals surface area (Å²) in [6.45, 7) is 3.95. The van der Waals surface area contributed by atoms with Gasteiger partial charge in [-0.15, -0.1) is 0 Å². The Morgan fingerprint density at radius 2 is 2.24 bits per heavy atom. The molecule has 4 heteroatoms. The van der Waals surface area contributed by atoms with Crippen LogP contribution in [0.3, 0.4) is 0 Å². The molecule has 1 aromatic rings. The lowest BCUT2D eigenvalue weighted by molar-refractivity contribution is 0.0727. The van der Waals surface area contributed by atoms with Crippen molar-refractivity contribution in [2.75, 3.05) is 7.05 Å². The van der Waals surface area contributed by atoms with Gasteiger partial charge >= 0.3 is 0 Å². The van der Waals surface area contributed by atoms with E-state index in [0.29, 0.717) is 16.5 Å². The molecule has 17 heavy (non-hydrogen) atoms. The number of hydrogen-bond acceptors (Lipinski definition) is 2. The minimum Gasteiger partial charge on any atom is -0.339 e. The molecule has 3 nitrogen and oxygen atoms in total. The van der Waals surface area contributed by atoms with Crippen LogP contribution >= 0.6 is 11.6 Å². The van der Waals surface area contributed by atoms with Gasteiger partial charge in [0.1, 0.15) is 0 Å². The summed E-state index contributed by atoms with van der Waals surface area (Å²) in [5.41, 5.74) is 1.32. The summed E-state index contributed by atoms with van der Waals surface area (Å²) in [6, 6.07) is 2.00. The van der Waals surface area contributed by atoms with Crippen LogP contribution in [0.2, 0.25) is 5.02 Å². The van der Waals surface area contributed by atoms with Crippen LogP contribution in [0.15, 0.2) is 12.3 Å². The first-order valence-electron chi connectivity index (χ1n) is 5.90. The van der Waals surface area contributed by atoms with Crippen molar-refractivity contribution in [2.24, 2.45) is 5.92 Å². The molecule has 1 aromatic heterocycles. The minimum atomic E-state index is -0.0399. The summed E-state index contributed by atoms with van der Waals surface area (Å²) >= 11 is 6.08. The van der Waals surface area contributed by atoms with Crippen LogP contribution < -0.4 is 0 Å². The van der Waals surface area contributed by atoms with Crippen molar-refractivity contribution in [1.82, 2.24) is 9.88 Å². The number of halogens is 1. The molecule has 1 unspecified atom stereocenters. The molecule has 0 aliphatic heterocycles. The molecule has 0 aromatic carbocycles. The average Bonchev–Trinajstić information content (AvgIpc) is 3.10. The van der Waals surface area contributed by atoms with E-state index in [2.05, 4.69) is 11.9 Å². The zero-order chi connectivity index (χ0) is 12.6. The Labute approximate surface area is 107 Å². The molecule has 0 bridgehead atoms. The van der Waals surface area contributed by atoms with E-state index in [1.807, 2.05) is 14.0 Å². The molecule has 0 radical (unpaired) electrons. The van der Waals surface area contributed by atoms with Gasteiger partial charge in [0, 0.05) is 25.0 Å². The molecular formula is C13H17ClN2O. The maximum Gasteiger partial charge on any atom is 0.256 e. The first-order valence-corrected chi connectivity index (χ1v) is 6.28. The summed E-state index contributed by atoms with van der Waals surface area (Å²) < 4.78 is 0. The number of amides is 1. The summed E-state index contributed by atoms with van der Waals surface area (Å²) in [4.78, 5) is 18.2. The third-order valence-corrected chi connectivity index (χ3v) is 3.77. The SMILES string of the molecule is Cc1cc(Cl)c(C(=O)N(C)C(C)C2CC2)cn1. The number of carbonyl (C=O) groups excluding carboxylic acids is 1. The lowest BCUT2D eigenvalue weighted by Gasteiger charge is -2.25. The molecule has 0 spiro atoms. The Bertz CT molecular complexity index is 443. The Morgan fingerprint density at radius 3 is 2.76 bits per heavy atom. The van der Waals surface area contributed by atoms with Gasteiger partial charge in [0.25, 0.3) is 5.91 Å². The topological polar surface area (TPSA) is 33.2 Å². The second-order valence-corrected chi connectivity index (χ2v) is 5.21. The van der Waals surface area contributed by atoms with Gasteiger partial charge in [0.05, 0.1) is 10.6 Å². The van der Waals surface area contributed by atoms with Gasteiger partial charge in [-0.1, -0.05) is 11.6 Å². The van der Waals surface area contributed by atoms with E-state index >= 15 is 0 Å². The Kier molecular flexibility index (Phi) is 3.38. The standard InChI is InChI=1S/C13H17ClN2O/c1-8-6-12(14)11(7-15-8)13(17)16(3)9(2)10-4-5-10/h6-7,9-10H,4-5H2,1-3H3. The van der Waals surface area contributed by atoms with Crippen molar-refractivity contribution in [2.45, 2.75) is 32.7 Å². The highest BCUT2D eigenvalue weighted by Crippen LogP contribution is 2.35. The molecule has 1 fully saturated rings. The van der Waals surface area contributed by atoms with Crippen molar-refractivity contribution in [3.63, 3.8) is 0 Å². The normalized spacial score (nSPS) is 16.7. The van der Waals surface area contributed by atoms with Crippen LogP contribution in [0.5, 0.6) is 0 Å². The molecule has 1 aliphatic rings. The third kappa shape index (κ3) is 2.60. The quantitative estimate of drug-likeness (QED) is 0.829. The van der Waals surface area contributed by atoms with Crippen LogP contribution in [0, 0.1) is 12.8 Å². The molecule has 0 saturated heterocycles. The summed E-state index contributed by atoms with van der Waals surface area (Å²) in [6.07, 6.45) is 4.01. The van der Waals surface area contributed by atoms with Crippen molar-refractivity contribution in [3.8, 4) is 0 Å². The largest absolute Gasteiger partial charge is 0.339 e. The van der Waals surface area contributed by atoms with Gasteiger partial charge in [-0.3, -0.25) is 9.78 Å². The number of pyridine rings is 1. The van der Waals surface area contributed by atoms with Crippen molar-refractivity contribution >= 4 is 17.5 Å².